The first-order valence-electron chi connectivity index (χ1n) is 7.04. The molecule has 1 amide bonds. The summed E-state index contributed by atoms with van der Waals surface area (Å²) in [7, 11) is 0. The highest BCUT2D eigenvalue weighted by atomic mass is 16.2. The molecule has 4 nitrogen and oxygen atoms in total. The summed E-state index contributed by atoms with van der Waals surface area (Å²) < 4.78 is 0. The molecule has 2 aromatic carbocycles. The molecule has 1 saturated heterocycles. The minimum atomic E-state index is 0.0388. The molecule has 104 valence electrons. The van der Waals surface area contributed by atoms with E-state index in [0.717, 1.165) is 43.4 Å². The fraction of sp³-hybridized carbons (Fsp3) is 0.312. The van der Waals surface area contributed by atoms with Crippen LogP contribution in [-0.4, -0.2) is 37.0 Å². The maximum atomic E-state index is 12.6. The zero-order valence-corrected chi connectivity index (χ0v) is 11.4. The van der Waals surface area contributed by atoms with Crippen molar-refractivity contribution in [3.05, 3.63) is 42.0 Å². The van der Waals surface area contributed by atoms with Crippen molar-refractivity contribution < 1.29 is 4.79 Å². The molecular weight excluding hydrogens is 250 g/mol. The van der Waals surface area contributed by atoms with Gasteiger partial charge < -0.3 is 16.0 Å². The molecular formula is C16H19N3O. The Balaban J connectivity index is 1.95. The third-order valence-electron chi connectivity index (χ3n) is 3.78. The van der Waals surface area contributed by atoms with Crippen LogP contribution in [0.15, 0.2) is 36.4 Å². The standard InChI is InChI=1S/C16H19N3O/c17-15-11-13-5-2-1-4-12(13)10-14(15)16(20)19-8-3-6-18-7-9-19/h1-2,4-5,10-11,18H,3,6-9,17H2. The molecule has 3 N–H and O–H groups in total. The lowest BCUT2D eigenvalue weighted by molar-refractivity contribution is 0.0767. The summed E-state index contributed by atoms with van der Waals surface area (Å²) >= 11 is 0. The number of anilines is 1. The SMILES string of the molecule is Nc1cc2ccccc2cc1C(=O)N1CCCNCC1. The Labute approximate surface area is 118 Å². The smallest absolute Gasteiger partial charge is 0.256 e. The highest BCUT2D eigenvalue weighted by Crippen LogP contribution is 2.23. The van der Waals surface area contributed by atoms with Gasteiger partial charge in [-0.25, -0.2) is 0 Å². The van der Waals surface area contributed by atoms with Crippen LogP contribution in [0.1, 0.15) is 16.8 Å². The third-order valence-corrected chi connectivity index (χ3v) is 3.78. The van der Waals surface area contributed by atoms with Crippen molar-refractivity contribution in [2.45, 2.75) is 6.42 Å². The van der Waals surface area contributed by atoms with Gasteiger partial charge in [0.2, 0.25) is 0 Å². The number of benzene rings is 2. The van der Waals surface area contributed by atoms with Gasteiger partial charge in [0.1, 0.15) is 0 Å². The molecule has 2 aromatic rings. The first-order valence-corrected chi connectivity index (χ1v) is 7.04. The largest absolute Gasteiger partial charge is 0.398 e. The Kier molecular flexibility index (Phi) is 3.56. The van der Waals surface area contributed by atoms with Crippen LogP contribution in [0.4, 0.5) is 5.69 Å². The Morgan fingerprint density at radius 1 is 1.10 bits per heavy atom. The van der Waals surface area contributed by atoms with Gasteiger partial charge in [-0.1, -0.05) is 24.3 Å². The van der Waals surface area contributed by atoms with Gasteiger partial charge in [-0.2, -0.15) is 0 Å². The van der Waals surface area contributed by atoms with Gasteiger partial charge in [0.05, 0.1) is 5.56 Å². The number of carbonyl (C=O) groups excluding carboxylic acids is 1. The third kappa shape index (κ3) is 2.47. The summed E-state index contributed by atoms with van der Waals surface area (Å²) in [5.41, 5.74) is 7.25. The van der Waals surface area contributed by atoms with E-state index >= 15 is 0 Å². The molecule has 1 aliphatic heterocycles. The van der Waals surface area contributed by atoms with Crippen molar-refractivity contribution in [1.82, 2.24) is 10.2 Å². The highest BCUT2D eigenvalue weighted by Gasteiger charge is 2.19. The molecule has 20 heavy (non-hydrogen) atoms. The molecule has 0 aliphatic carbocycles. The quantitative estimate of drug-likeness (QED) is 0.777. The van der Waals surface area contributed by atoms with Crippen molar-refractivity contribution in [2.75, 3.05) is 31.9 Å². The summed E-state index contributed by atoms with van der Waals surface area (Å²) in [5, 5.41) is 5.42. The van der Waals surface area contributed by atoms with Gasteiger partial charge in [-0.05, 0) is 35.9 Å². The summed E-state index contributed by atoms with van der Waals surface area (Å²) in [6, 6.07) is 11.8. The second kappa shape index (κ2) is 5.51. The number of nitrogens with zero attached hydrogens (tertiary/aromatic N) is 1. The molecule has 1 fully saturated rings. The van der Waals surface area contributed by atoms with Crippen molar-refractivity contribution in [1.29, 1.82) is 0 Å². The number of nitrogens with one attached hydrogen (secondary N) is 1. The number of rotatable bonds is 1. The van der Waals surface area contributed by atoms with E-state index in [1.807, 2.05) is 41.3 Å². The molecule has 4 heteroatoms. The maximum Gasteiger partial charge on any atom is 0.256 e. The molecule has 0 bridgehead atoms. The first kappa shape index (κ1) is 12.9. The van der Waals surface area contributed by atoms with E-state index in [9.17, 15) is 4.79 Å². The Morgan fingerprint density at radius 3 is 2.65 bits per heavy atom. The fourth-order valence-electron chi connectivity index (χ4n) is 2.66. The Morgan fingerprint density at radius 2 is 1.85 bits per heavy atom. The van der Waals surface area contributed by atoms with E-state index in [1.165, 1.54) is 0 Å². The number of nitrogen functional groups attached to an aromatic ring is 1. The lowest BCUT2D eigenvalue weighted by Gasteiger charge is -2.21. The van der Waals surface area contributed by atoms with Crippen LogP contribution in [0.2, 0.25) is 0 Å². The summed E-state index contributed by atoms with van der Waals surface area (Å²) in [6.07, 6.45) is 0.985. The van der Waals surface area contributed by atoms with Crippen LogP contribution in [-0.2, 0) is 0 Å². The van der Waals surface area contributed by atoms with Crippen LogP contribution in [0.3, 0.4) is 0 Å². The van der Waals surface area contributed by atoms with E-state index in [1.54, 1.807) is 0 Å². The van der Waals surface area contributed by atoms with E-state index < -0.39 is 0 Å². The van der Waals surface area contributed by atoms with Crippen LogP contribution in [0.25, 0.3) is 10.8 Å². The second-order valence-corrected chi connectivity index (χ2v) is 5.18. The zero-order valence-electron chi connectivity index (χ0n) is 11.4. The first-order chi connectivity index (χ1) is 9.75. The minimum Gasteiger partial charge on any atom is -0.398 e. The van der Waals surface area contributed by atoms with Crippen LogP contribution in [0, 0.1) is 0 Å². The van der Waals surface area contributed by atoms with Crippen LogP contribution in [0.5, 0.6) is 0 Å². The van der Waals surface area contributed by atoms with Crippen molar-refractivity contribution in [2.24, 2.45) is 0 Å². The van der Waals surface area contributed by atoms with Crippen LogP contribution >= 0.6 is 0 Å². The summed E-state index contributed by atoms with van der Waals surface area (Å²) in [5.74, 6) is 0.0388. The number of hydrogen-bond acceptors (Lipinski definition) is 3. The van der Waals surface area contributed by atoms with Gasteiger partial charge >= 0.3 is 0 Å². The number of amides is 1. The molecule has 3 rings (SSSR count). The Hall–Kier alpha value is -2.07. The van der Waals surface area contributed by atoms with Gasteiger partial charge in [0.25, 0.3) is 5.91 Å². The molecule has 0 unspecified atom stereocenters. The average Bonchev–Trinajstić information content (AvgIpc) is 2.75. The zero-order chi connectivity index (χ0) is 13.9. The predicted octanol–water partition coefficient (Wildman–Crippen LogP) is 1.86. The van der Waals surface area contributed by atoms with Gasteiger partial charge in [0, 0.05) is 25.3 Å². The number of hydrogen-bond donors (Lipinski definition) is 2. The maximum absolute atomic E-state index is 12.6. The van der Waals surface area contributed by atoms with Crippen molar-refractivity contribution in [3.8, 4) is 0 Å². The fourth-order valence-corrected chi connectivity index (χ4v) is 2.66. The Bertz CT molecular complexity index is 631. The second-order valence-electron chi connectivity index (χ2n) is 5.18. The number of carbonyl (C=O) groups is 1. The molecule has 0 radical (unpaired) electrons. The summed E-state index contributed by atoms with van der Waals surface area (Å²) in [6.45, 7) is 3.35. The molecule has 0 spiro atoms. The minimum absolute atomic E-state index is 0.0388. The number of fused-ring (bicyclic) bond motifs is 1. The molecule has 0 atom stereocenters. The number of nitrogens with two attached hydrogens (primary N) is 1. The van der Waals surface area contributed by atoms with E-state index in [4.69, 9.17) is 5.73 Å². The normalized spacial score (nSPS) is 16.1. The molecule has 1 heterocycles. The van der Waals surface area contributed by atoms with Crippen molar-refractivity contribution in [3.63, 3.8) is 0 Å². The predicted molar refractivity (Wildman–Crippen MR) is 81.8 cm³/mol. The molecule has 0 saturated carbocycles. The monoisotopic (exact) mass is 269 g/mol. The summed E-state index contributed by atoms with van der Waals surface area (Å²) in [4.78, 5) is 14.5. The molecule has 1 aliphatic rings. The van der Waals surface area contributed by atoms with Gasteiger partial charge in [0.15, 0.2) is 0 Å². The van der Waals surface area contributed by atoms with Gasteiger partial charge in [-0.15, -0.1) is 0 Å². The van der Waals surface area contributed by atoms with E-state index in [0.29, 0.717) is 11.3 Å². The van der Waals surface area contributed by atoms with Crippen LogP contribution < -0.4 is 11.1 Å². The average molecular weight is 269 g/mol. The lowest BCUT2D eigenvalue weighted by Crippen LogP contribution is -2.34. The highest BCUT2D eigenvalue weighted by molar-refractivity contribution is 6.03. The van der Waals surface area contributed by atoms with Gasteiger partial charge in [-0.3, -0.25) is 4.79 Å². The van der Waals surface area contributed by atoms with E-state index in [2.05, 4.69) is 5.32 Å². The lowest BCUT2D eigenvalue weighted by atomic mass is 10.0. The topological polar surface area (TPSA) is 58.4 Å². The van der Waals surface area contributed by atoms with Crippen molar-refractivity contribution >= 4 is 22.4 Å². The van der Waals surface area contributed by atoms with E-state index in [-0.39, 0.29) is 5.91 Å². The molecule has 0 aromatic heterocycles.